The van der Waals surface area contributed by atoms with Gasteiger partial charge in [0, 0.05) is 25.0 Å². The molecule has 0 amide bonds. The van der Waals surface area contributed by atoms with Crippen molar-refractivity contribution < 1.29 is 0 Å². The largest absolute Gasteiger partial charge is 0.144 e. The molecule has 0 aliphatic heterocycles. The third-order valence-electron chi connectivity index (χ3n) is 5.91. The average molecular weight is 403 g/mol. The van der Waals surface area contributed by atoms with Gasteiger partial charge in [0.2, 0.25) is 0 Å². The lowest BCUT2D eigenvalue weighted by atomic mass is 9.99. The van der Waals surface area contributed by atoms with E-state index in [9.17, 15) is 0 Å². The summed E-state index contributed by atoms with van der Waals surface area (Å²) in [4.78, 5) is 1.55. The molecule has 2 heteroatoms. The molecule has 0 saturated heterocycles. The topological polar surface area (TPSA) is 0 Å². The molecule has 0 unspecified atom stereocenters. The lowest BCUT2D eigenvalue weighted by Crippen LogP contribution is -1.82. The molecule has 3 aromatic carbocycles. The van der Waals surface area contributed by atoms with E-state index in [2.05, 4.69) is 60.8 Å². The van der Waals surface area contributed by atoms with Gasteiger partial charge in [-0.05, 0) is 76.2 Å². The van der Waals surface area contributed by atoms with Crippen molar-refractivity contribution in [1.29, 1.82) is 0 Å². The van der Waals surface area contributed by atoms with Crippen LogP contribution in [0.1, 0.15) is 50.3 Å². The fourth-order valence-corrected chi connectivity index (χ4v) is 6.30. The average Bonchev–Trinajstić information content (AvgIpc) is 3.36. The van der Waals surface area contributed by atoms with E-state index in [-0.39, 0.29) is 0 Å². The Bertz CT molecular complexity index is 1260. The fourth-order valence-electron chi connectivity index (χ4n) is 4.37. The van der Waals surface area contributed by atoms with Crippen LogP contribution in [0, 0.1) is 0 Å². The second-order valence-electron chi connectivity index (χ2n) is 7.90. The number of unbranched alkanes of at least 4 members (excludes halogenated alkanes) is 5. The minimum atomic E-state index is 1.23. The van der Waals surface area contributed by atoms with E-state index in [0.717, 1.165) is 0 Å². The molecule has 0 saturated carbocycles. The van der Waals surface area contributed by atoms with Crippen LogP contribution < -0.4 is 0 Å². The zero-order valence-corrected chi connectivity index (χ0v) is 18.1. The Morgan fingerprint density at radius 2 is 1.36 bits per heavy atom. The molecule has 0 aliphatic carbocycles. The summed E-state index contributed by atoms with van der Waals surface area (Å²) in [6, 6.07) is 18.7. The van der Waals surface area contributed by atoms with Gasteiger partial charge in [0.25, 0.3) is 0 Å². The first kappa shape index (κ1) is 18.1. The maximum absolute atomic E-state index is 2.46. The van der Waals surface area contributed by atoms with Gasteiger partial charge in [-0.3, -0.25) is 0 Å². The first-order valence-electron chi connectivity index (χ1n) is 10.6. The molecule has 0 nitrogen and oxygen atoms in total. The zero-order valence-electron chi connectivity index (χ0n) is 16.5. The Balaban J connectivity index is 1.48. The summed E-state index contributed by atoms with van der Waals surface area (Å²) in [7, 11) is 0. The second kappa shape index (κ2) is 7.85. The highest BCUT2D eigenvalue weighted by Gasteiger charge is 2.09. The molecular weight excluding hydrogens is 376 g/mol. The molecule has 2 heterocycles. The van der Waals surface area contributed by atoms with E-state index in [1.54, 1.807) is 4.88 Å². The monoisotopic (exact) mass is 402 g/mol. The number of fused-ring (bicyclic) bond motifs is 6. The summed E-state index contributed by atoms with van der Waals surface area (Å²) in [6.07, 6.45) is 9.44. The Hall–Kier alpha value is -1.90. The van der Waals surface area contributed by atoms with Gasteiger partial charge in [0.15, 0.2) is 0 Å². The van der Waals surface area contributed by atoms with Gasteiger partial charge in [0.1, 0.15) is 0 Å². The molecule has 0 atom stereocenters. The number of thiophene rings is 2. The van der Waals surface area contributed by atoms with E-state index in [0.29, 0.717) is 0 Å². The number of hydrogen-bond acceptors (Lipinski definition) is 2. The highest BCUT2D eigenvalue weighted by atomic mass is 32.1. The Kier molecular flexibility index (Phi) is 5.09. The maximum atomic E-state index is 2.46. The quantitative estimate of drug-likeness (QED) is 0.188. The first-order chi connectivity index (χ1) is 13.8. The van der Waals surface area contributed by atoms with Crippen LogP contribution in [0.4, 0.5) is 0 Å². The molecule has 0 N–H and O–H groups in total. The van der Waals surface area contributed by atoms with E-state index in [4.69, 9.17) is 0 Å². The normalized spacial score (nSPS) is 12.0. The molecule has 5 rings (SSSR count). The molecular formula is C26H26S2. The predicted octanol–water partition coefficient (Wildman–Crippen LogP) is 9.33. The van der Waals surface area contributed by atoms with E-state index in [1.165, 1.54) is 86.7 Å². The Morgan fingerprint density at radius 1 is 0.643 bits per heavy atom. The third-order valence-corrected chi connectivity index (χ3v) is 7.96. The highest BCUT2D eigenvalue weighted by Crippen LogP contribution is 2.37. The van der Waals surface area contributed by atoms with E-state index >= 15 is 0 Å². The van der Waals surface area contributed by atoms with Crippen molar-refractivity contribution in [2.24, 2.45) is 0 Å². The Morgan fingerprint density at radius 3 is 2.18 bits per heavy atom. The van der Waals surface area contributed by atoms with Crippen molar-refractivity contribution in [3.8, 4) is 0 Å². The first-order valence-corrected chi connectivity index (χ1v) is 12.3. The van der Waals surface area contributed by atoms with Crippen LogP contribution in [0.2, 0.25) is 0 Å². The minimum Gasteiger partial charge on any atom is -0.144 e. The van der Waals surface area contributed by atoms with E-state index in [1.807, 2.05) is 22.7 Å². The van der Waals surface area contributed by atoms with Crippen LogP contribution in [-0.2, 0) is 6.42 Å². The molecule has 2 aromatic heterocycles. The molecule has 0 spiro atoms. The number of rotatable bonds is 7. The van der Waals surface area contributed by atoms with Crippen molar-refractivity contribution in [1.82, 2.24) is 0 Å². The van der Waals surface area contributed by atoms with Crippen LogP contribution in [0.25, 0.3) is 41.7 Å². The fraction of sp³-hybridized carbons (Fsp3) is 0.308. The molecule has 0 aliphatic rings. The number of benzene rings is 3. The summed E-state index contributed by atoms with van der Waals surface area (Å²) in [5, 5.41) is 10.5. The molecule has 28 heavy (non-hydrogen) atoms. The summed E-state index contributed by atoms with van der Waals surface area (Å²) >= 11 is 3.82. The molecule has 0 radical (unpaired) electrons. The van der Waals surface area contributed by atoms with Gasteiger partial charge in [-0.15, -0.1) is 22.7 Å². The lowest BCUT2D eigenvalue weighted by Gasteiger charge is -2.05. The molecule has 5 aromatic rings. The maximum Gasteiger partial charge on any atom is 0.0352 e. The standard InChI is InChI=1S/C26H26S2/c1-2-3-4-5-6-7-8-20-17-24-23-16-18-9-11-25-21(13-14-27-25)22(18)15-19(23)10-12-26(24)28-20/h9-17H,2-8H2,1H3. The molecule has 142 valence electrons. The Labute approximate surface area is 174 Å². The van der Waals surface area contributed by atoms with Crippen LogP contribution >= 0.6 is 22.7 Å². The summed E-state index contributed by atoms with van der Waals surface area (Å²) in [6.45, 7) is 2.29. The third kappa shape index (κ3) is 3.33. The summed E-state index contributed by atoms with van der Waals surface area (Å²) in [5.74, 6) is 0. The van der Waals surface area contributed by atoms with Gasteiger partial charge in [-0.2, -0.15) is 0 Å². The molecule has 0 bridgehead atoms. The minimum absolute atomic E-state index is 1.23. The van der Waals surface area contributed by atoms with Crippen LogP contribution in [-0.4, -0.2) is 0 Å². The van der Waals surface area contributed by atoms with Crippen LogP contribution in [0.15, 0.2) is 53.9 Å². The lowest BCUT2D eigenvalue weighted by molar-refractivity contribution is 0.609. The van der Waals surface area contributed by atoms with E-state index < -0.39 is 0 Å². The summed E-state index contributed by atoms with van der Waals surface area (Å²) < 4.78 is 2.81. The SMILES string of the molecule is CCCCCCCCc1cc2c(ccc3cc4c(ccc5sccc54)cc32)s1. The van der Waals surface area contributed by atoms with Crippen molar-refractivity contribution in [3.63, 3.8) is 0 Å². The van der Waals surface area contributed by atoms with Crippen molar-refractivity contribution >= 4 is 64.4 Å². The number of hydrogen-bond donors (Lipinski definition) is 0. The van der Waals surface area contributed by atoms with Crippen LogP contribution in [0.5, 0.6) is 0 Å². The van der Waals surface area contributed by atoms with Gasteiger partial charge in [-0.1, -0.05) is 51.2 Å². The second-order valence-corrected chi connectivity index (χ2v) is 10.0. The zero-order chi connectivity index (χ0) is 18.9. The van der Waals surface area contributed by atoms with Crippen molar-refractivity contribution in [3.05, 3.63) is 58.8 Å². The van der Waals surface area contributed by atoms with Crippen molar-refractivity contribution in [2.45, 2.75) is 51.9 Å². The molecule has 0 fully saturated rings. The summed E-state index contributed by atoms with van der Waals surface area (Å²) in [5.41, 5.74) is 0. The van der Waals surface area contributed by atoms with Gasteiger partial charge in [0.05, 0.1) is 0 Å². The van der Waals surface area contributed by atoms with Crippen LogP contribution in [0.3, 0.4) is 0 Å². The van der Waals surface area contributed by atoms with Gasteiger partial charge >= 0.3 is 0 Å². The predicted molar refractivity (Wildman–Crippen MR) is 129 cm³/mol. The number of aryl methyl sites for hydroxylation is 1. The highest BCUT2D eigenvalue weighted by molar-refractivity contribution is 7.19. The smallest absolute Gasteiger partial charge is 0.0352 e. The van der Waals surface area contributed by atoms with Crippen molar-refractivity contribution in [2.75, 3.05) is 0 Å². The van der Waals surface area contributed by atoms with Gasteiger partial charge in [-0.25, -0.2) is 0 Å². The van der Waals surface area contributed by atoms with Gasteiger partial charge < -0.3 is 0 Å².